The molecule has 0 fully saturated rings. The molecule has 5 nitrogen and oxygen atoms in total. The van der Waals surface area contributed by atoms with Crippen molar-refractivity contribution in [3.63, 3.8) is 0 Å². The third kappa shape index (κ3) is 259. The van der Waals surface area contributed by atoms with Gasteiger partial charge in [-0.1, -0.05) is 0 Å². The summed E-state index contributed by atoms with van der Waals surface area (Å²) >= 11 is -1.58. The quantitative estimate of drug-likeness (QED) is 0.299. The van der Waals surface area contributed by atoms with E-state index in [0.29, 0.717) is 0 Å². The molecule has 0 aromatic heterocycles. The first-order chi connectivity index (χ1) is 3.15. The van der Waals surface area contributed by atoms with Crippen LogP contribution in [0.4, 0.5) is 4.79 Å². The van der Waals surface area contributed by atoms with E-state index in [9.17, 15) is 0 Å². The normalized spacial score (nSPS) is 4.75. The van der Waals surface area contributed by atoms with Gasteiger partial charge in [0.05, 0.1) is 0 Å². The molecule has 0 aliphatic carbocycles. The molecular formula is CH7AlCaO5. The first-order valence-electron chi connectivity index (χ1n) is 1.28. The van der Waals surface area contributed by atoms with E-state index in [1.807, 2.05) is 0 Å². The number of carbonyl (C=O) groups is 1. The van der Waals surface area contributed by atoms with Crippen LogP contribution in [0.25, 0.3) is 0 Å². The first kappa shape index (κ1) is 16.0. The molecule has 0 amide bonds. The van der Waals surface area contributed by atoms with E-state index in [-0.39, 0.29) is 37.7 Å². The van der Waals surface area contributed by atoms with Crippen LogP contribution in [0.15, 0.2) is 0 Å². The third-order valence-corrected chi connectivity index (χ3v) is 0. The molecule has 0 unspecified atom stereocenters. The van der Waals surface area contributed by atoms with Gasteiger partial charge in [-0.3, -0.25) is 0 Å². The molecule has 0 bridgehead atoms. The monoisotopic (exact) mass is 166 g/mol. The van der Waals surface area contributed by atoms with Crippen LogP contribution in [0.2, 0.25) is 0 Å². The van der Waals surface area contributed by atoms with Gasteiger partial charge in [0.25, 0.3) is 0 Å². The number of hydrogen-bond donors (Lipinski definition) is 4. The van der Waals surface area contributed by atoms with Crippen molar-refractivity contribution in [2.24, 2.45) is 0 Å². The number of carboxylic acid groups (broad SMARTS) is 2. The smallest absolute Gasteiger partial charge is 0.496 e. The molecule has 0 aromatic carbocycles. The summed E-state index contributed by atoms with van der Waals surface area (Å²) in [4.78, 5) is 8.56. The Kier molecular flexibility index (Phi) is 31.3. The zero-order valence-corrected chi connectivity index (χ0v) is 4.82. The molecule has 0 radical (unpaired) electrons. The molecule has 0 aliphatic heterocycles. The molecule has 0 aromatic rings. The van der Waals surface area contributed by atoms with E-state index in [4.69, 9.17) is 23.3 Å². The van der Waals surface area contributed by atoms with Gasteiger partial charge < -0.3 is 18.5 Å². The Morgan fingerprint density at radius 2 is 1.25 bits per heavy atom. The summed E-state index contributed by atoms with van der Waals surface area (Å²) in [6.07, 6.45) is -1.83. The average molecular weight is 166 g/mol. The molecular weight excluding hydrogens is 159 g/mol. The second-order valence-corrected chi connectivity index (χ2v) is 0.707. The van der Waals surface area contributed by atoms with Crippen molar-refractivity contribution in [3.8, 4) is 0 Å². The topological polar surface area (TPSA) is 98.0 Å². The molecule has 7 heteroatoms. The Bertz CT molecular complexity index is 43.7. The minimum absolute atomic E-state index is 0. The Labute approximate surface area is 82.3 Å². The molecule has 0 atom stereocenters. The van der Waals surface area contributed by atoms with Gasteiger partial charge in [0.15, 0.2) is 0 Å². The molecule has 0 spiro atoms. The van der Waals surface area contributed by atoms with Crippen LogP contribution in [-0.2, 0) is 0 Å². The Morgan fingerprint density at radius 1 is 1.25 bits per heavy atom. The van der Waals surface area contributed by atoms with Gasteiger partial charge in [0.2, 0.25) is 0 Å². The molecule has 46 valence electrons. The van der Waals surface area contributed by atoms with Gasteiger partial charge in [-0.25, -0.2) is 4.79 Å². The molecule has 0 heterocycles. The van der Waals surface area contributed by atoms with Crippen LogP contribution >= 0.6 is 0 Å². The second kappa shape index (κ2) is 15.7. The molecule has 4 N–H and O–H groups in total. The van der Waals surface area contributed by atoms with Crippen molar-refractivity contribution in [1.82, 2.24) is 0 Å². The van der Waals surface area contributed by atoms with E-state index in [1.54, 1.807) is 0 Å². The maximum atomic E-state index is 8.56. The van der Waals surface area contributed by atoms with E-state index in [2.05, 4.69) is 0 Å². The van der Waals surface area contributed by atoms with Gasteiger partial charge in [0.1, 0.15) is 0 Å². The van der Waals surface area contributed by atoms with Crippen molar-refractivity contribution in [2.45, 2.75) is 0 Å². The summed E-state index contributed by atoms with van der Waals surface area (Å²) in [6.45, 7) is 0. The summed E-state index contributed by atoms with van der Waals surface area (Å²) in [7, 11) is 0. The molecule has 0 saturated carbocycles. The largest absolute Gasteiger partial charge is 0.644 e. The van der Waals surface area contributed by atoms with Gasteiger partial charge in [-0.15, -0.1) is 0 Å². The fraction of sp³-hybridized carbons (Fsp3) is 0. The van der Waals surface area contributed by atoms with Crippen LogP contribution in [0.5, 0.6) is 0 Å². The molecule has 0 aliphatic rings. The molecule has 0 rings (SSSR count). The summed E-state index contributed by atoms with van der Waals surface area (Å²) < 4.78 is 14.5. The van der Waals surface area contributed by atoms with E-state index >= 15 is 0 Å². The van der Waals surface area contributed by atoms with E-state index in [0.717, 1.165) is 0 Å². The zero-order chi connectivity index (χ0) is 6.28. The SMILES string of the molecule is O=C(O)O.[CaH2].[OH][AlH][OH]. The fourth-order valence-electron chi connectivity index (χ4n) is 0. The summed E-state index contributed by atoms with van der Waals surface area (Å²) in [6, 6.07) is 0. The van der Waals surface area contributed by atoms with Gasteiger partial charge in [0, 0.05) is 0 Å². The maximum Gasteiger partial charge on any atom is 0.644 e. The second-order valence-electron chi connectivity index (χ2n) is 0.424. The van der Waals surface area contributed by atoms with Crippen LogP contribution < -0.4 is 0 Å². The van der Waals surface area contributed by atoms with Gasteiger partial charge in [-0.05, 0) is 0 Å². The standard InChI is InChI=1S/CH2O3.Al.Ca.2H2O.3H/c2-1(3)4;;;;;;;/h(H2,2,3,4);;;2*1H2;;;/q;+2;;;;;;/p-2. The van der Waals surface area contributed by atoms with Crippen molar-refractivity contribution in [3.05, 3.63) is 0 Å². The molecule has 8 heavy (non-hydrogen) atoms. The van der Waals surface area contributed by atoms with Gasteiger partial charge >= 0.3 is 59.8 Å². The van der Waals surface area contributed by atoms with E-state index < -0.39 is 22.0 Å². The predicted molar refractivity (Wildman–Crippen MR) is 30.8 cm³/mol. The predicted octanol–water partition coefficient (Wildman–Crippen LogP) is -2.46. The fourth-order valence-corrected chi connectivity index (χ4v) is 0. The number of rotatable bonds is 0. The van der Waals surface area contributed by atoms with Crippen molar-refractivity contribution in [1.29, 1.82) is 0 Å². The van der Waals surface area contributed by atoms with Crippen molar-refractivity contribution in [2.75, 3.05) is 0 Å². The third-order valence-electron chi connectivity index (χ3n) is 0. The number of hydrogen-bond acceptors (Lipinski definition) is 3. The minimum atomic E-state index is -1.83. The first-order valence-corrected chi connectivity index (χ1v) is 2.55. The van der Waals surface area contributed by atoms with Crippen LogP contribution in [0, 0.1) is 0 Å². The van der Waals surface area contributed by atoms with Crippen LogP contribution in [-0.4, -0.2) is 78.3 Å². The minimum Gasteiger partial charge on any atom is -0.496 e. The van der Waals surface area contributed by atoms with E-state index in [1.165, 1.54) is 0 Å². The maximum absolute atomic E-state index is 8.56. The Morgan fingerprint density at radius 3 is 1.25 bits per heavy atom. The van der Waals surface area contributed by atoms with Crippen LogP contribution in [0.1, 0.15) is 0 Å². The zero-order valence-electron chi connectivity index (χ0n) is 3.40. The van der Waals surface area contributed by atoms with Gasteiger partial charge in [-0.2, -0.15) is 0 Å². The molecule has 0 saturated heterocycles. The summed E-state index contributed by atoms with van der Waals surface area (Å²) in [5.41, 5.74) is 0. The van der Waals surface area contributed by atoms with Crippen molar-refractivity contribution >= 4 is 59.8 Å². The van der Waals surface area contributed by atoms with Crippen LogP contribution in [0.3, 0.4) is 0 Å². The summed E-state index contributed by atoms with van der Waals surface area (Å²) in [5.74, 6) is 0. The Hall–Kier alpha value is 0.982. The average Bonchev–Trinajstić information content (AvgIpc) is 1.33. The summed E-state index contributed by atoms with van der Waals surface area (Å²) in [5, 5.41) is 13.9. The Balaban J connectivity index is -0.0000000575. The van der Waals surface area contributed by atoms with Crippen molar-refractivity contribution < 1.29 is 23.3 Å².